The Hall–Kier alpha value is -3.22. The molecule has 1 amide bonds. The lowest BCUT2D eigenvalue weighted by atomic mass is 10.2. The van der Waals surface area contributed by atoms with Crippen molar-refractivity contribution in [2.45, 2.75) is 6.92 Å². The Kier molecular flexibility index (Phi) is 5.03. The van der Waals surface area contributed by atoms with Crippen molar-refractivity contribution in [2.24, 2.45) is 0 Å². The summed E-state index contributed by atoms with van der Waals surface area (Å²) in [5.74, 6) is 0.783. The van der Waals surface area contributed by atoms with Crippen LogP contribution in [-0.2, 0) is 0 Å². The number of para-hydroxylation sites is 1. The molecule has 0 bridgehead atoms. The minimum Gasteiger partial charge on any atom is -0.491 e. The molecule has 0 aliphatic heterocycles. The Balaban J connectivity index is 1.56. The van der Waals surface area contributed by atoms with Crippen molar-refractivity contribution in [2.75, 3.05) is 20.2 Å². The number of ether oxygens (including phenoxy) is 1. The molecule has 0 saturated carbocycles. The van der Waals surface area contributed by atoms with Gasteiger partial charge in [-0.15, -0.1) is 5.10 Å². The van der Waals surface area contributed by atoms with E-state index in [1.165, 1.54) is 11.0 Å². The SMILES string of the molecule is Cc1ccccc1OCCN(C)C(=O)c1ccc(-n2cnnn2)cc1. The Morgan fingerprint density at radius 2 is 1.92 bits per heavy atom. The van der Waals surface area contributed by atoms with Crippen molar-refractivity contribution < 1.29 is 9.53 Å². The van der Waals surface area contributed by atoms with Crippen LogP contribution in [0.1, 0.15) is 15.9 Å². The summed E-state index contributed by atoms with van der Waals surface area (Å²) in [5, 5.41) is 11.0. The van der Waals surface area contributed by atoms with Crippen molar-refractivity contribution >= 4 is 5.91 Å². The number of aromatic nitrogens is 4. The number of likely N-dealkylation sites (N-methyl/N-ethyl adjacent to an activating group) is 1. The van der Waals surface area contributed by atoms with Gasteiger partial charge < -0.3 is 9.64 Å². The standard InChI is InChI=1S/C18H19N5O2/c1-14-5-3-4-6-17(14)25-12-11-22(2)18(24)15-7-9-16(10-8-15)23-13-19-20-21-23/h3-10,13H,11-12H2,1-2H3. The van der Waals surface area contributed by atoms with Crippen LogP contribution in [0.2, 0.25) is 0 Å². The van der Waals surface area contributed by atoms with Crippen LogP contribution in [0.3, 0.4) is 0 Å². The number of benzene rings is 2. The maximum absolute atomic E-state index is 12.5. The smallest absolute Gasteiger partial charge is 0.253 e. The van der Waals surface area contributed by atoms with Gasteiger partial charge in [-0.05, 0) is 53.2 Å². The van der Waals surface area contributed by atoms with E-state index in [1.54, 1.807) is 36.2 Å². The average Bonchev–Trinajstić information content (AvgIpc) is 3.17. The molecule has 2 aromatic carbocycles. The highest BCUT2D eigenvalue weighted by atomic mass is 16.5. The number of tetrazole rings is 1. The second kappa shape index (κ2) is 7.57. The van der Waals surface area contributed by atoms with Gasteiger partial charge >= 0.3 is 0 Å². The third-order valence-corrected chi connectivity index (χ3v) is 3.85. The van der Waals surface area contributed by atoms with Gasteiger partial charge in [-0.3, -0.25) is 4.79 Å². The van der Waals surface area contributed by atoms with Crippen molar-refractivity contribution in [3.63, 3.8) is 0 Å². The summed E-state index contributed by atoms with van der Waals surface area (Å²) in [6.07, 6.45) is 1.51. The first kappa shape index (κ1) is 16.6. The highest BCUT2D eigenvalue weighted by molar-refractivity contribution is 5.94. The highest BCUT2D eigenvalue weighted by Crippen LogP contribution is 2.16. The lowest BCUT2D eigenvalue weighted by Gasteiger charge is -2.18. The van der Waals surface area contributed by atoms with Crippen molar-refractivity contribution in [1.29, 1.82) is 0 Å². The minimum atomic E-state index is -0.0587. The van der Waals surface area contributed by atoms with Gasteiger partial charge in [0.05, 0.1) is 12.2 Å². The maximum Gasteiger partial charge on any atom is 0.253 e. The first-order valence-electron chi connectivity index (χ1n) is 7.92. The lowest BCUT2D eigenvalue weighted by molar-refractivity contribution is 0.0773. The second-order valence-corrected chi connectivity index (χ2v) is 5.64. The quantitative estimate of drug-likeness (QED) is 0.689. The average molecular weight is 337 g/mol. The summed E-state index contributed by atoms with van der Waals surface area (Å²) in [4.78, 5) is 14.1. The van der Waals surface area contributed by atoms with Gasteiger partial charge in [0.2, 0.25) is 0 Å². The van der Waals surface area contributed by atoms with Gasteiger partial charge in [0.15, 0.2) is 0 Å². The van der Waals surface area contributed by atoms with Gasteiger partial charge in [0.1, 0.15) is 18.7 Å². The van der Waals surface area contributed by atoms with Crippen molar-refractivity contribution in [3.8, 4) is 11.4 Å². The predicted molar refractivity (Wildman–Crippen MR) is 92.8 cm³/mol. The van der Waals surface area contributed by atoms with Crippen LogP contribution in [0, 0.1) is 6.92 Å². The number of rotatable bonds is 6. The number of hydrogen-bond donors (Lipinski definition) is 0. The molecule has 128 valence electrons. The number of carbonyl (C=O) groups excluding carboxylic acids is 1. The topological polar surface area (TPSA) is 73.1 Å². The molecule has 0 N–H and O–H groups in total. The van der Waals surface area contributed by atoms with E-state index >= 15 is 0 Å². The fourth-order valence-electron chi connectivity index (χ4n) is 2.37. The summed E-state index contributed by atoms with van der Waals surface area (Å²) in [5.41, 5.74) is 2.48. The van der Waals surface area contributed by atoms with E-state index in [2.05, 4.69) is 15.5 Å². The van der Waals surface area contributed by atoms with Crippen molar-refractivity contribution in [3.05, 3.63) is 66.0 Å². The molecular formula is C18H19N5O2. The molecule has 0 aliphatic rings. The predicted octanol–water partition coefficient (Wildman–Crippen LogP) is 2.12. The largest absolute Gasteiger partial charge is 0.491 e. The molecular weight excluding hydrogens is 318 g/mol. The van der Waals surface area contributed by atoms with Crippen molar-refractivity contribution in [1.82, 2.24) is 25.1 Å². The summed E-state index contributed by atoms with van der Waals surface area (Å²) >= 11 is 0. The summed E-state index contributed by atoms with van der Waals surface area (Å²) in [7, 11) is 1.76. The molecule has 1 heterocycles. The van der Waals surface area contributed by atoms with Crippen LogP contribution in [0.15, 0.2) is 54.9 Å². The molecule has 3 aromatic rings. The molecule has 1 aromatic heterocycles. The summed E-state index contributed by atoms with van der Waals surface area (Å²) in [6.45, 7) is 2.94. The van der Waals surface area contributed by atoms with Crippen LogP contribution in [-0.4, -0.2) is 51.2 Å². The Labute approximate surface area is 145 Å². The maximum atomic E-state index is 12.5. The number of hydrogen-bond acceptors (Lipinski definition) is 5. The lowest BCUT2D eigenvalue weighted by Crippen LogP contribution is -2.30. The Morgan fingerprint density at radius 3 is 2.60 bits per heavy atom. The number of nitrogens with zero attached hydrogens (tertiary/aromatic N) is 5. The van der Waals surface area contributed by atoms with Crippen LogP contribution >= 0.6 is 0 Å². The van der Waals surface area contributed by atoms with E-state index in [9.17, 15) is 4.79 Å². The highest BCUT2D eigenvalue weighted by Gasteiger charge is 2.12. The normalized spacial score (nSPS) is 10.5. The molecule has 3 rings (SSSR count). The zero-order valence-electron chi connectivity index (χ0n) is 14.2. The first-order valence-corrected chi connectivity index (χ1v) is 7.92. The number of carbonyl (C=O) groups is 1. The molecule has 0 atom stereocenters. The Morgan fingerprint density at radius 1 is 1.16 bits per heavy atom. The van der Waals surface area contributed by atoms with E-state index in [4.69, 9.17) is 4.74 Å². The van der Waals surface area contributed by atoms with Crippen LogP contribution < -0.4 is 4.74 Å². The molecule has 0 saturated heterocycles. The van der Waals surface area contributed by atoms with Crippen LogP contribution in [0.5, 0.6) is 5.75 Å². The third-order valence-electron chi connectivity index (χ3n) is 3.85. The first-order chi connectivity index (χ1) is 12.1. The molecule has 7 heteroatoms. The zero-order chi connectivity index (χ0) is 17.6. The Bertz CT molecular complexity index is 831. The molecule has 25 heavy (non-hydrogen) atoms. The number of aryl methyl sites for hydroxylation is 1. The molecule has 0 spiro atoms. The van der Waals surface area contributed by atoms with E-state index in [-0.39, 0.29) is 5.91 Å². The van der Waals surface area contributed by atoms with Gasteiger partial charge in [0, 0.05) is 12.6 Å². The van der Waals surface area contributed by atoms with E-state index in [0.29, 0.717) is 18.7 Å². The van der Waals surface area contributed by atoms with Gasteiger partial charge in [0.25, 0.3) is 5.91 Å². The van der Waals surface area contributed by atoms with E-state index < -0.39 is 0 Å². The van der Waals surface area contributed by atoms with Crippen LogP contribution in [0.4, 0.5) is 0 Å². The number of amides is 1. The zero-order valence-corrected chi connectivity index (χ0v) is 14.2. The fraction of sp³-hybridized carbons (Fsp3) is 0.222. The second-order valence-electron chi connectivity index (χ2n) is 5.64. The third kappa shape index (κ3) is 4.00. The van der Waals surface area contributed by atoms with Gasteiger partial charge in [-0.2, -0.15) is 0 Å². The van der Waals surface area contributed by atoms with Crippen LogP contribution in [0.25, 0.3) is 5.69 Å². The summed E-state index contributed by atoms with van der Waals surface area (Å²) in [6, 6.07) is 15.0. The van der Waals surface area contributed by atoms with E-state index in [1.807, 2.05) is 31.2 Å². The van der Waals surface area contributed by atoms with Gasteiger partial charge in [-0.25, -0.2) is 4.68 Å². The fourth-order valence-corrected chi connectivity index (χ4v) is 2.37. The summed E-state index contributed by atoms with van der Waals surface area (Å²) < 4.78 is 7.28. The molecule has 7 nitrogen and oxygen atoms in total. The van der Waals surface area contributed by atoms with Gasteiger partial charge in [-0.1, -0.05) is 18.2 Å². The molecule has 0 fully saturated rings. The minimum absolute atomic E-state index is 0.0587. The molecule has 0 aliphatic carbocycles. The van der Waals surface area contributed by atoms with E-state index in [0.717, 1.165) is 17.0 Å². The monoisotopic (exact) mass is 337 g/mol. The molecule has 0 radical (unpaired) electrons. The molecule has 0 unspecified atom stereocenters.